The second kappa shape index (κ2) is 14.5. The molecule has 15 heteroatoms. The number of pyridine rings is 1. The molecule has 13 nitrogen and oxygen atoms in total. The van der Waals surface area contributed by atoms with Gasteiger partial charge in [-0.3, -0.25) is 19.1 Å². The molecule has 0 radical (unpaired) electrons. The lowest BCUT2D eigenvalue weighted by molar-refractivity contribution is -0.145. The Balaban J connectivity index is 1.35. The minimum atomic E-state index is -3.90. The summed E-state index contributed by atoms with van der Waals surface area (Å²) in [5.74, 6) is -2.11. The van der Waals surface area contributed by atoms with Gasteiger partial charge in [0, 0.05) is 32.9 Å². The fourth-order valence-corrected chi connectivity index (χ4v) is 9.42. The number of benzene rings is 1. The molecule has 4 bridgehead atoms. The molecule has 4 amide bonds. The summed E-state index contributed by atoms with van der Waals surface area (Å²) in [5, 5.41) is 6.77. The van der Waals surface area contributed by atoms with Crippen LogP contribution in [0.3, 0.4) is 0 Å². The molecule has 6 rings (SSSR count). The molecule has 2 aliphatic heterocycles. The van der Waals surface area contributed by atoms with E-state index < -0.39 is 74.1 Å². The van der Waals surface area contributed by atoms with Gasteiger partial charge in [-0.2, -0.15) is 0 Å². The van der Waals surface area contributed by atoms with Gasteiger partial charge < -0.3 is 25.0 Å². The lowest BCUT2D eigenvalue weighted by atomic mass is 9.66. The molecule has 2 aliphatic carbocycles. The molecule has 276 valence electrons. The molecule has 2 aromatic rings. The molecule has 3 fully saturated rings. The number of carbonyl (C=O) groups excluding carboxylic acids is 4. The number of nitrogens with zero attached hydrogens (tertiary/aromatic N) is 2. The van der Waals surface area contributed by atoms with Crippen LogP contribution in [0, 0.1) is 14.9 Å². The number of sulfonamides is 1. The third kappa shape index (κ3) is 7.83. The second-order valence-electron chi connectivity index (χ2n) is 15.2. The monoisotopic (exact) mass is 835 g/mol. The van der Waals surface area contributed by atoms with Gasteiger partial charge in [-0.15, -0.1) is 6.58 Å². The molecular formula is C36H46IN5O8S. The zero-order valence-corrected chi connectivity index (χ0v) is 32.2. The van der Waals surface area contributed by atoms with Crippen molar-refractivity contribution in [1.82, 2.24) is 25.2 Å². The third-order valence-electron chi connectivity index (χ3n) is 10.4. The molecule has 4 aliphatic rings. The van der Waals surface area contributed by atoms with Crippen LogP contribution in [0.4, 0.5) is 4.79 Å². The summed E-state index contributed by atoms with van der Waals surface area (Å²) >= 11 is 2.30. The number of ether oxygens (including phenoxy) is 2. The number of halogens is 1. The van der Waals surface area contributed by atoms with Crippen molar-refractivity contribution in [3.63, 3.8) is 0 Å². The Morgan fingerprint density at radius 1 is 1.14 bits per heavy atom. The summed E-state index contributed by atoms with van der Waals surface area (Å²) in [5.41, 5.74) is -1.22. The standard InChI is InChI=1S/C36H46IN5O8S/c1-5-22-12-14-36(22,33(45)41-51(47,48)24-10-11-24)40-30(43)28-19-23-20-42(28)32(44)29(35(2,3)4)39-34(46)49-16-8-6-7-9-21-17-26-25(27(37)18-21)13-15-38-31(26)50-23/h5,13,15,17-18,22-24,28-29H,1,6-12,14,16,19-20H2,2-4H3,(H,39,46)(H,40,43)(H,41,45)/t22-,23-,28+,29-,36-/m1/s1. The largest absolute Gasteiger partial charge is 0.472 e. The normalized spacial score (nSPS) is 27.6. The molecule has 3 heterocycles. The number of hydrogen-bond acceptors (Lipinski definition) is 9. The molecule has 0 spiro atoms. The number of rotatable bonds is 6. The maximum Gasteiger partial charge on any atom is 0.407 e. The molecule has 51 heavy (non-hydrogen) atoms. The number of hydrogen-bond donors (Lipinski definition) is 3. The number of amides is 4. The molecule has 2 saturated carbocycles. The van der Waals surface area contributed by atoms with E-state index in [4.69, 9.17) is 9.47 Å². The summed E-state index contributed by atoms with van der Waals surface area (Å²) in [6.07, 6.45) is 6.71. The zero-order chi connectivity index (χ0) is 36.7. The quantitative estimate of drug-likeness (QED) is 0.286. The van der Waals surface area contributed by atoms with Crippen LogP contribution in [0.15, 0.2) is 37.1 Å². The van der Waals surface area contributed by atoms with E-state index in [1.807, 2.05) is 26.8 Å². The molecule has 5 atom stereocenters. The average Bonchev–Trinajstić information content (AvgIpc) is 3.84. The van der Waals surface area contributed by atoms with Crippen LogP contribution in [0.5, 0.6) is 5.88 Å². The fourth-order valence-electron chi connectivity index (χ4n) is 7.18. The van der Waals surface area contributed by atoms with Gasteiger partial charge in [0.1, 0.15) is 23.7 Å². The smallest absolute Gasteiger partial charge is 0.407 e. The first-order valence-corrected chi connectivity index (χ1v) is 20.2. The average molecular weight is 836 g/mol. The summed E-state index contributed by atoms with van der Waals surface area (Å²) in [6.45, 7) is 9.44. The first-order valence-electron chi connectivity index (χ1n) is 17.6. The third-order valence-corrected chi connectivity index (χ3v) is 13.1. The number of aryl methyl sites for hydroxylation is 1. The molecule has 1 aromatic heterocycles. The fraction of sp³-hybridized carbons (Fsp3) is 0.583. The second-order valence-corrected chi connectivity index (χ2v) is 18.3. The maximum atomic E-state index is 14.5. The number of aromatic nitrogens is 1. The van der Waals surface area contributed by atoms with E-state index in [1.165, 1.54) is 4.90 Å². The number of cyclic esters (lactones) is 1. The van der Waals surface area contributed by atoms with Crippen LogP contribution in [-0.4, -0.2) is 84.2 Å². The van der Waals surface area contributed by atoms with E-state index in [0.717, 1.165) is 39.2 Å². The highest BCUT2D eigenvalue weighted by molar-refractivity contribution is 14.1. The molecule has 1 saturated heterocycles. The van der Waals surface area contributed by atoms with Gasteiger partial charge in [-0.1, -0.05) is 26.8 Å². The lowest BCUT2D eigenvalue weighted by Gasteiger charge is -2.47. The van der Waals surface area contributed by atoms with Gasteiger partial charge in [0.05, 0.1) is 18.4 Å². The highest BCUT2D eigenvalue weighted by Crippen LogP contribution is 2.41. The van der Waals surface area contributed by atoms with Crippen molar-refractivity contribution in [2.24, 2.45) is 11.3 Å². The topological polar surface area (TPSA) is 173 Å². The summed E-state index contributed by atoms with van der Waals surface area (Å²) in [4.78, 5) is 61.5. The Morgan fingerprint density at radius 3 is 2.57 bits per heavy atom. The van der Waals surface area contributed by atoms with E-state index in [0.29, 0.717) is 31.6 Å². The van der Waals surface area contributed by atoms with E-state index >= 15 is 0 Å². The van der Waals surface area contributed by atoms with Crippen molar-refractivity contribution in [1.29, 1.82) is 0 Å². The Bertz CT molecular complexity index is 1840. The first-order chi connectivity index (χ1) is 24.1. The van der Waals surface area contributed by atoms with E-state index in [2.05, 4.69) is 61.6 Å². The number of nitrogens with one attached hydrogen (secondary N) is 3. The molecule has 0 unspecified atom stereocenters. The van der Waals surface area contributed by atoms with Gasteiger partial charge in [-0.05, 0) is 103 Å². The highest BCUT2D eigenvalue weighted by atomic mass is 127. The number of carbonyl (C=O) groups is 4. The van der Waals surface area contributed by atoms with Crippen LogP contribution in [0.1, 0.15) is 77.7 Å². The van der Waals surface area contributed by atoms with Crippen LogP contribution < -0.4 is 20.1 Å². The van der Waals surface area contributed by atoms with Crippen molar-refractivity contribution in [2.75, 3.05) is 13.2 Å². The SMILES string of the molecule is C=C[C@@H]1CC[C@]1(NC(=O)[C@@H]1C[C@@H]2CN1C(=O)[C@H](C(C)(C)C)NC(=O)OCCCCCc1cc(I)c3ccnc(c3c1)O2)C(=O)NS(=O)(=O)C1CC1. The molecule has 1 aromatic carbocycles. The predicted octanol–water partition coefficient (Wildman–Crippen LogP) is 4.11. The summed E-state index contributed by atoms with van der Waals surface area (Å²) < 4.78 is 40.8. The van der Waals surface area contributed by atoms with Crippen molar-refractivity contribution in [2.45, 2.75) is 108 Å². The minimum Gasteiger partial charge on any atom is -0.472 e. The highest BCUT2D eigenvalue weighted by Gasteiger charge is 2.56. The van der Waals surface area contributed by atoms with Gasteiger partial charge in [0.2, 0.25) is 27.7 Å². The number of alkyl carbamates (subject to hydrolysis) is 1. The van der Waals surface area contributed by atoms with Gasteiger partial charge >= 0.3 is 6.09 Å². The summed E-state index contributed by atoms with van der Waals surface area (Å²) in [6, 6.07) is 3.94. The Labute approximate surface area is 312 Å². The lowest BCUT2D eigenvalue weighted by Crippen LogP contribution is -2.70. The zero-order valence-electron chi connectivity index (χ0n) is 29.2. The van der Waals surface area contributed by atoms with E-state index in [9.17, 15) is 27.6 Å². The summed E-state index contributed by atoms with van der Waals surface area (Å²) in [7, 11) is -3.90. The predicted molar refractivity (Wildman–Crippen MR) is 198 cm³/mol. The van der Waals surface area contributed by atoms with Gasteiger partial charge in [0.25, 0.3) is 5.91 Å². The van der Waals surface area contributed by atoms with Crippen LogP contribution in [0.25, 0.3) is 10.8 Å². The Kier molecular flexibility index (Phi) is 10.6. The first kappa shape index (κ1) is 37.3. The van der Waals surface area contributed by atoms with Gasteiger partial charge in [0.15, 0.2) is 0 Å². The van der Waals surface area contributed by atoms with E-state index in [-0.39, 0.29) is 26.0 Å². The number of fused-ring (bicyclic) bond motifs is 3. The Hall–Kier alpha value is -3.47. The van der Waals surface area contributed by atoms with E-state index in [1.54, 1.807) is 12.3 Å². The van der Waals surface area contributed by atoms with Crippen molar-refractivity contribution in [3.8, 4) is 5.88 Å². The Morgan fingerprint density at radius 2 is 1.90 bits per heavy atom. The molecular weight excluding hydrogens is 789 g/mol. The minimum absolute atomic E-state index is 0.00474. The maximum absolute atomic E-state index is 14.5. The van der Waals surface area contributed by atoms with Crippen LogP contribution >= 0.6 is 22.6 Å². The van der Waals surface area contributed by atoms with Crippen molar-refractivity contribution >= 4 is 67.2 Å². The molecule has 3 N–H and O–H groups in total. The van der Waals surface area contributed by atoms with Crippen LogP contribution in [-0.2, 0) is 35.6 Å². The van der Waals surface area contributed by atoms with Crippen molar-refractivity contribution < 1.29 is 37.1 Å². The van der Waals surface area contributed by atoms with Gasteiger partial charge in [-0.25, -0.2) is 18.2 Å². The van der Waals surface area contributed by atoms with Crippen LogP contribution in [0.2, 0.25) is 0 Å². The van der Waals surface area contributed by atoms with Crippen molar-refractivity contribution in [3.05, 3.63) is 46.2 Å².